The van der Waals surface area contributed by atoms with Crippen molar-refractivity contribution in [2.75, 3.05) is 0 Å². The van der Waals surface area contributed by atoms with Crippen LogP contribution < -0.4 is 0 Å². The van der Waals surface area contributed by atoms with Crippen molar-refractivity contribution in [3.8, 4) is 11.4 Å². The van der Waals surface area contributed by atoms with Gasteiger partial charge in [0.15, 0.2) is 10.9 Å². The second-order valence-electron chi connectivity index (χ2n) is 3.06. The maximum Gasteiger partial charge on any atom is 0.312 e. The highest BCUT2D eigenvalue weighted by Gasteiger charge is 2.12. The number of benzene rings is 1. The summed E-state index contributed by atoms with van der Waals surface area (Å²) < 4.78 is 30.6. The zero-order valence-electron chi connectivity index (χ0n) is 8.11. The van der Waals surface area contributed by atoms with E-state index in [2.05, 4.69) is 9.97 Å². The third-order valence-electron chi connectivity index (χ3n) is 1.93. The molecule has 0 bridgehead atoms. The first-order chi connectivity index (χ1) is 7.57. The van der Waals surface area contributed by atoms with Gasteiger partial charge in [-0.15, -0.1) is 0 Å². The highest BCUT2D eigenvalue weighted by atomic mass is 32.2. The second-order valence-corrected chi connectivity index (χ2v) is 4.43. The predicted octanol–water partition coefficient (Wildman–Crippen LogP) is 1.39. The molecule has 0 atom stereocenters. The first-order valence-electron chi connectivity index (χ1n) is 4.43. The molecule has 0 saturated carbocycles. The van der Waals surface area contributed by atoms with Crippen molar-refractivity contribution >= 4 is 10.1 Å². The molecule has 0 radical (unpaired) electrons. The molecule has 6 heteroatoms. The molecule has 1 heterocycles. The Bertz CT molecular complexity index is 596. The molecule has 0 amide bonds. The van der Waals surface area contributed by atoms with Gasteiger partial charge in [-0.25, -0.2) is 9.97 Å². The first-order valence-corrected chi connectivity index (χ1v) is 5.87. The van der Waals surface area contributed by atoms with E-state index in [4.69, 9.17) is 4.55 Å². The summed E-state index contributed by atoms with van der Waals surface area (Å²) in [6, 6.07) is 10.1. The Kier molecular flexibility index (Phi) is 2.67. The van der Waals surface area contributed by atoms with E-state index in [0.717, 1.165) is 6.07 Å². The zero-order valence-corrected chi connectivity index (χ0v) is 8.92. The van der Waals surface area contributed by atoms with Gasteiger partial charge in [-0.05, 0) is 6.07 Å². The summed E-state index contributed by atoms with van der Waals surface area (Å²) >= 11 is 0. The number of aromatic nitrogens is 2. The van der Waals surface area contributed by atoms with Crippen LogP contribution in [0.4, 0.5) is 0 Å². The van der Waals surface area contributed by atoms with Crippen molar-refractivity contribution in [3.63, 3.8) is 0 Å². The predicted molar refractivity (Wildman–Crippen MR) is 57.3 cm³/mol. The zero-order chi connectivity index (χ0) is 11.6. The van der Waals surface area contributed by atoms with Crippen molar-refractivity contribution in [1.82, 2.24) is 9.97 Å². The summed E-state index contributed by atoms with van der Waals surface area (Å²) in [5.74, 6) is 0.260. The Morgan fingerprint density at radius 1 is 1.06 bits per heavy atom. The van der Waals surface area contributed by atoms with Gasteiger partial charge in [0, 0.05) is 11.8 Å². The quantitative estimate of drug-likeness (QED) is 0.629. The minimum Gasteiger partial charge on any atom is -0.281 e. The summed E-state index contributed by atoms with van der Waals surface area (Å²) in [5, 5.41) is -0.402. The molecule has 2 rings (SSSR count). The van der Waals surface area contributed by atoms with E-state index in [9.17, 15) is 8.42 Å². The minimum atomic E-state index is -4.28. The molecule has 0 spiro atoms. The largest absolute Gasteiger partial charge is 0.312 e. The highest BCUT2D eigenvalue weighted by molar-refractivity contribution is 7.85. The van der Waals surface area contributed by atoms with Crippen LogP contribution in [-0.2, 0) is 10.1 Å². The van der Waals surface area contributed by atoms with Gasteiger partial charge in [0.05, 0.1) is 0 Å². The molecule has 1 aromatic carbocycles. The van der Waals surface area contributed by atoms with Gasteiger partial charge >= 0.3 is 10.1 Å². The summed E-state index contributed by atoms with van der Waals surface area (Å²) in [6.07, 6.45) is 1.29. The Balaban J connectivity index is 2.53. The lowest BCUT2D eigenvalue weighted by Crippen LogP contribution is -2.03. The minimum absolute atomic E-state index is 0.260. The van der Waals surface area contributed by atoms with Gasteiger partial charge in [0.2, 0.25) is 0 Å². The molecule has 0 fully saturated rings. The van der Waals surface area contributed by atoms with Gasteiger partial charge in [0.1, 0.15) is 0 Å². The average molecular weight is 236 g/mol. The molecule has 1 aromatic heterocycles. The molecule has 0 aliphatic heterocycles. The monoisotopic (exact) mass is 236 g/mol. The van der Waals surface area contributed by atoms with Gasteiger partial charge in [-0.2, -0.15) is 8.42 Å². The lowest BCUT2D eigenvalue weighted by molar-refractivity contribution is 0.479. The molecule has 0 unspecified atom stereocenters. The lowest BCUT2D eigenvalue weighted by Gasteiger charge is -2.00. The van der Waals surface area contributed by atoms with Crippen molar-refractivity contribution < 1.29 is 13.0 Å². The number of nitrogens with zero attached hydrogens (tertiary/aromatic N) is 2. The molecule has 5 nitrogen and oxygen atoms in total. The van der Waals surface area contributed by atoms with E-state index in [1.165, 1.54) is 6.20 Å². The highest BCUT2D eigenvalue weighted by Crippen LogP contribution is 2.15. The van der Waals surface area contributed by atoms with Crippen LogP contribution in [0.25, 0.3) is 11.4 Å². The van der Waals surface area contributed by atoms with E-state index < -0.39 is 15.1 Å². The van der Waals surface area contributed by atoms with Crippen LogP contribution in [0.5, 0.6) is 0 Å². The summed E-state index contributed by atoms with van der Waals surface area (Å²) in [6.45, 7) is 0. The van der Waals surface area contributed by atoms with E-state index >= 15 is 0 Å². The molecule has 16 heavy (non-hydrogen) atoms. The third-order valence-corrected chi connectivity index (χ3v) is 2.68. The number of hydrogen-bond acceptors (Lipinski definition) is 4. The fourth-order valence-electron chi connectivity index (χ4n) is 1.21. The molecule has 0 aliphatic carbocycles. The van der Waals surface area contributed by atoms with Crippen LogP contribution >= 0.6 is 0 Å². The maximum absolute atomic E-state index is 10.9. The summed E-state index contributed by atoms with van der Waals surface area (Å²) in [5.41, 5.74) is 0.688. The van der Waals surface area contributed by atoms with Crippen molar-refractivity contribution in [2.24, 2.45) is 0 Å². The molecule has 0 saturated heterocycles. The molecule has 0 aliphatic rings. The number of rotatable bonds is 2. The molecular formula is C10H8N2O3S. The molecule has 82 valence electrons. The van der Waals surface area contributed by atoms with Crippen LogP contribution in [-0.4, -0.2) is 22.9 Å². The fourth-order valence-corrected chi connectivity index (χ4v) is 1.65. The number of hydrogen-bond donors (Lipinski definition) is 1. The van der Waals surface area contributed by atoms with Gasteiger partial charge in [-0.3, -0.25) is 4.55 Å². The van der Waals surface area contributed by atoms with Gasteiger partial charge in [-0.1, -0.05) is 30.3 Å². The maximum atomic E-state index is 10.9. The summed E-state index contributed by atoms with van der Waals surface area (Å²) in [7, 11) is -4.28. The molecule has 1 N–H and O–H groups in total. The van der Waals surface area contributed by atoms with Crippen LogP contribution in [0.15, 0.2) is 47.6 Å². The average Bonchev–Trinajstić information content (AvgIpc) is 2.29. The fraction of sp³-hybridized carbons (Fsp3) is 0. The Morgan fingerprint density at radius 2 is 1.75 bits per heavy atom. The Morgan fingerprint density at radius 3 is 2.38 bits per heavy atom. The van der Waals surface area contributed by atoms with E-state index in [1.54, 1.807) is 24.3 Å². The van der Waals surface area contributed by atoms with Crippen LogP contribution in [0.3, 0.4) is 0 Å². The first kappa shape index (κ1) is 10.7. The second kappa shape index (κ2) is 3.99. The van der Waals surface area contributed by atoms with Crippen molar-refractivity contribution in [3.05, 3.63) is 42.6 Å². The third kappa shape index (κ3) is 2.23. The van der Waals surface area contributed by atoms with Crippen LogP contribution in [0.1, 0.15) is 0 Å². The van der Waals surface area contributed by atoms with Crippen LogP contribution in [0, 0.1) is 0 Å². The van der Waals surface area contributed by atoms with Crippen molar-refractivity contribution in [2.45, 2.75) is 5.03 Å². The van der Waals surface area contributed by atoms with Gasteiger partial charge in [0.25, 0.3) is 0 Å². The van der Waals surface area contributed by atoms with E-state index in [0.29, 0.717) is 5.56 Å². The topological polar surface area (TPSA) is 80.2 Å². The van der Waals surface area contributed by atoms with Crippen molar-refractivity contribution in [1.29, 1.82) is 0 Å². The lowest BCUT2D eigenvalue weighted by atomic mass is 10.2. The van der Waals surface area contributed by atoms with Gasteiger partial charge < -0.3 is 0 Å². The molecule has 2 aromatic rings. The smallest absolute Gasteiger partial charge is 0.281 e. The van der Waals surface area contributed by atoms with E-state index in [1.807, 2.05) is 6.07 Å². The van der Waals surface area contributed by atoms with Crippen LogP contribution in [0.2, 0.25) is 0 Å². The Labute approximate surface area is 92.6 Å². The SMILES string of the molecule is O=S(=O)(O)c1ccnc(-c2ccccc2)n1. The summed E-state index contributed by atoms with van der Waals surface area (Å²) in [4.78, 5) is 7.70. The standard InChI is InChI=1S/C10H8N2O3S/c13-16(14,15)9-6-7-11-10(12-9)8-4-2-1-3-5-8/h1-7H,(H,13,14,15). The van der Waals surface area contributed by atoms with E-state index in [-0.39, 0.29) is 5.82 Å². The normalized spacial score (nSPS) is 11.3. The molecular weight excluding hydrogens is 228 g/mol. The Hall–Kier alpha value is -1.79.